The van der Waals surface area contributed by atoms with Crippen LogP contribution in [0.15, 0.2) is 85.1 Å². The van der Waals surface area contributed by atoms with Gasteiger partial charge in [-0.15, -0.1) is 0 Å². The predicted molar refractivity (Wildman–Crippen MR) is 316 cm³/mol. The van der Waals surface area contributed by atoms with E-state index in [0.29, 0.717) is 19.3 Å². The van der Waals surface area contributed by atoms with Gasteiger partial charge in [0.1, 0.15) is 13.2 Å². The molecule has 420 valence electrons. The van der Waals surface area contributed by atoms with Crippen LogP contribution in [0.1, 0.15) is 303 Å². The van der Waals surface area contributed by atoms with Crippen LogP contribution in [0, 0.1) is 0 Å². The van der Waals surface area contributed by atoms with E-state index in [0.717, 1.165) is 116 Å². The van der Waals surface area contributed by atoms with Crippen LogP contribution in [0.3, 0.4) is 0 Å². The Morgan fingerprint density at radius 1 is 0.288 bits per heavy atom. The van der Waals surface area contributed by atoms with Crippen LogP contribution in [0.25, 0.3) is 0 Å². The Morgan fingerprint density at radius 2 is 0.534 bits per heavy atom. The topological polar surface area (TPSA) is 78.9 Å². The molecule has 6 nitrogen and oxygen atoms in total. The van der Waals surface area contributed by atoms with Crippen LogP contribution in [-0.2, 0) is 28.6 Å². The third kappa shape index (κ3) is 59.3. The molecule has 0 aromatic heterocycles. The van der Waals surface area contributed by atoms with Gasteiger partial charge in [-0.05, 0) is 96.3 Å². The normalized spacial score (nSPS) is 12.6. The maximum absolute atomic E-state index is 12.8. The molecule has 0 fully saturated rings. The minimum Gasteiger partial charge on any atom is -0.462 e. The summed E-state index contributed by atoms with van der Waals surface area (Å²) < 4.78 is 16.8. The lowest BCUT2D eigenvalue weighted by atomic mass is 10.0. The Balaban J connectivity index is 4.04. The fraction of sp³-hybridized carbons (Fsp3) is 0.746. The van der Waals surface area contributed by atoms with Crippen LogP contribution >= 0.6 is 0 Å². The molecule has 0 radical (unpaired) electrons. The first kappa shape index (κ1) is 69.6. The van der Waals surface area contributed by atoms with Gasteiger partial charge in [-0.2, -0.15) is 0 Å². The number of rotatable bonds is 56. The molecule has 1 unspecified atom stereocenters. The summed E-state index contributed by atoms with van der Waals surface area (Å²) >= 11 is 0. The van der Waals surface area contributed by atoms with Crippen molar-refractivity contribution in [3.63, 3.8) is 0 Å². The van der Waals surface area contributed by atoms with Gasteiger partial charge in [0.25, 0.3) is 0 Å². The zero-order chi connectivity index (χ0) is 52.9. The van der Waals surface area contributed by atoms with E-state index >= 15 is 0 Å². The summed E-state index contributed by atoms with van der Waals surface area (Å²) in [5.74, 6) is -0.898. The summed E-state index contributed by atoms with van der Waals surface area (Å²) in [7, 11) is 0. The van der Waals surface area contributed by atoms with Gasteiger partial charge in [0, 0.05) is 19.3 Å². The maximum atomic E-state index is 12.8. The number of ether oxygens (including phenoxy) is 3. The average Bonchev–Trinajstić information content (AvgIpc) is 3.39. The van der Waals surface area contributed by atoms with Crippen molar-refractivity contribution in [2.24, 2.45) is 0 Å². The molecule has 0 spiro atoms. The van der Waals surface area contributed by atoms with Crippen LogP contribution in [0.4, 0.5) is 0 Å². The highest BCUT2D eigenvalue weighted by Gasteiger charge is 2.19. The summed E-state index contributed by atoms with van der Waals surface area (Å²) in [6.07, 6.45) is 80.7. The number of carbonyl (C=O) groups excluding carboxylic acids is 3. The molecule has 0 N–H and O–H groups in total. The van der Waals surface area contributed by atoms with E-state index in [-0.39, 0.29) is 31.1 Å². The number of hydrogen-bond donors (Lipinski definition) is 0. The summed E-state index contributed by atoms with van der Waals surface area (Å²) in [5.41, 5.74) is 0. The van der Waals surface area contributed by atoms with Crippen molar-refractivity contribution >= 4 is 17.9 Å². The highest BCUT2D eigenvalue weighted by Crippen LogP contribution is 2.16. The lowest BCUT2D eigenvalue weighted by Gasteiger charge is -2.18. The van der Waals surface area contributed by atoms with Gasteiger partial charge in [0.2, 0.25) is 0 Å². The van der Waals surface area contributed by atoms with E-state index in [4.69, 9.17) is 14.2 Å². The predicted octanol–water partition coefficient (Wildman–Crippen LogP) is 21.1. The van der Waals surface area contributed by atoms with Crippen molar-refractivity contribution in [2.75, 3.05) is 13.2 Å². The number of allylic oxidation sites excluding steroid dienone is 14. The van der Waals surface area contributed by atoms with Gasteiger partial charge < -0.3 is 14.2 Å². The fourth-order valence-corrected chi connectivity index (χ4v) is 8.74. The van der Waals surface area contributed by atoms with E-state index in [1.54, 1.807) is 0 Å². The van der Waals surface area contributed by atoms with Crippen molar-refractivity contribution in [1.82, 2.24) is 0 Å². The molecule has 0 aliphatic rings. The van der Waals surface area contributed by atoms with E-state index in [1.807, 2.05) is 0 Å². The molecular formula is C67H116O6. The first-order valence-corrected chi connectivity index (χ1v) is 31.1. The van der Waals surface area contributed by atoms with Gasteiger partial charge in [-0.3, -0.25) is 14.4 Å². The third-order valence-electron chi connectivity index (χ3n) is 13.4. The zero-order valence-electron chi connectivity index (χ0n) is 48.1. The molecule has 0 bridgehead atoms. The van der Waals surface area contributed by atoms with Gasteiger partial charge in [-0.25, -0.2) is 0 Å². The lowest BCUT2D eigenvalue weighted by molar-refractivity contribution is -0.167. The average molecular weight is 1020 g/mol. The second kappa shape index (κ2) is 61.1. The highest BCUT2D eigenvalue weighted by atomic mass is 16.6. The Hall–Kier alpha value is -3.41. The molecular weight excluding hydrogens is 901 g/mol. The molecule has 0 rings (SSSR count). The van der Waals surface area contributed by atoms with Gasteiger partial charge in [0.15, 0.2) is 6.10 Å². The molecule has 0 saturated carbocycles. The molecule has 0 saturated heterocycles. The molecule has 6 heteroatoms. The number of hydrogen-bond acceptors (Lipinski definition) is 6. The maximum Gasteiger partial charge on any atom is 0.306 e. The standard InChI is InChI=1S/C67H116O6/c1-4-7-10-13-15-17-19-21-23-25-27-29-30-31-32-33-34-35-36-38-39-41-43-45-47-49-51-54-57-60-66(69)72-63-64(62-71-65(68)59-56-53-12-9-6-3)73-67(70)61-58-55-52-50-48-46-44-42-40-37-28-26-24-22-20-18-16-14-11-8-5-2/h7,10,15,17,20-23,26-29,40,42,64H,4-6,8-9,11-14,16,18-19,24-25,30-39,41,43-63H2,1-3H3/b10-7-,17-15-,22-20-,23-21-,28-26-,29-27-,42-40-. The minimum atomic E-state index is -0.779. The van der Waals surface area contributed by atoms with Gasteiger partial charge >= 0.3 is 17.9 Å². The van der Waals surface area contributed by atoms with E-state index in [9.17, 15) is 14.4 Å². The lowest BCUT2D eigenvalue weighted by Crippen LogP contribution is -2.30. The van der Waals surface area contributed by atoms with E-state index in [1.165, 1.54) is 148 Å². The molecule has 73 heavy (non-hydrogen) atoms. The molecule has 0 aromatic rings. The van der Waals surface area contributed by atoms with Crippen molar-refractivity contribution in [3.8, 4) is 0 Å². The quantitative estimate of drug-likeness (QED) is 0.0261. The Labute approximate surface area is 452 Å². The van der Waals surface area contributed by atoms with E-state index < -0.39 is 6.10 Å². The number of unbranched alkanes of at least 4 members (excludes halogenated alkanes) is 31. The minimum absolute atomic E-state index is 0.0799. The summed E-state index contributed by atoms with van der Waals surface area (Å²) in [4.78, 5) is 37.9. The Bertz CT molecular complexity index is 1400. The molecule has 0 aromatic carbocycles. The van der Waals surface area contributed by atoms with Crippen LogP contribution in [0.2, 0.25) is 0 Å². The molecule has 0 amide bonds. The smallest absolute Gasteiger partial charge is 0.306 e. The highest BCUT2D eigenvalue weighted by molar-refractivity contribution is 5.71. The first-order valence-electron chi connectivity index (χ1n) is 31.1. The SMILES string of the molecule is CC/C=C\C/C=C\C/C=C\C/C=C\CCCCCCCCCCCCCCCCCCC(=O)OCC(COC(=O)CCCCCCC)OC(=O)CCCCCCCC/C=C\C/C=C\C/C=C\CCCCCCC. The summed E-state index contributed by atoms with van der Waals surface area (Å²) in [6.45, 7) is 6.44. The Kier molecular flexibility index (Phi) is 58.3. The van der Waals surface area contributed by atoms with Gasteiger partial charge in [0.05, 0.1) is 0 Å². The van der Waals surface area contributed by atoms with E-state index in [2.05, 4.69) is 106 Å². The summed E-state index contributed by atoms with van der Waals surface area (Å²) in [6, 6.07) is 0. The number of esters is 3. The Morgan fingerprint density at radius 3 is 0.836 bits per heavy atom. The van der Waals surface area contributed by atoms with Crippen LogP contribution < -0.4 is 0 Å². The molecule has 0 aliphatic carbocycles. The zero-order valence-corrected chi connectivity index (χ0v) is 48.1. The monoisotopic (exact) mass is 1020 g/mol. The van der Waals surface area contributed by atoms with Gasteiger partial charge in [-0.1, -0.05) is 273 Å². The van der Waals surface area contributed by atoms with Crippen molar-refractivity contribution < 1.29 is 28.6 Å². The second-order valence-corrected chi connectivity index (χ2v) is 20.6. The first-order chi connectivity index (χ1) is 36.0. The molecule has 0 heterocycles. The summed E-state index contributed by atoms with van der Waals surface area (Å²) in [5, 5.41) is 0. The van der Waals surface area contributed by atoms with Crippen LogP contribution in [0.5, 0.6) is 0 Å². The molecule has 1 atom stereocenters. The fourth-order valence-electron chi connectivity index (χ4n) is 8.74. The largest absolute Gasteiger partial charge is 0.462 e. The third-order valence-corrected chi connectivity index (χ3v) is 13.4. The number of carbonyl (C=O) groups is 3. The second-order valence-electron chi connectivity index (χ2n) is 20.6. The van der Waals surface area contributed by atoms with Crippen molar-refractivity contribution in [3.05, 3.63) is 85.1 Å². The van der Waals surface area contributed by atoms with Crippen molar-refractivity contribution in [2.45, 2.75) is 309 Å². The van der Waals surface area contributed by atoms with Crippen LogP contribution in [-0.4, -0.2) is 37.2 Å². The van der Waals surface area contributed by atoms with Crippen molar-refractivity contribution in [1.29, 1.82) is 0 Å². The molecule has 0 aliphatic heterocycles.